The fraction of sp³-hybridized carbons (Fsp3) is 0.165. The lowest BCUT2D eigenvalue weighted by Crippen LogP contribution is -2.27. The van der Waals surface area contributed by atoms with Crippen molar-refractivity contribution in [2.75, 3.05) is 11.5 Å². The average molecular weight is 1220 g/mol. The Hall–Kier alpha value is -10.5. The number of ether oxygens (including phenoxy) is 1. The minimum Gasteiger partial charge on any atom is -0.493 e. The number of benzene rings is 12. The summed E-state index contributed by atoms with van der Waals surface area (Å²) in [4.78, 5) is 2.47. The molecule has 14 rings (SSSR count). The van der Waals surface area contributed by atoms with Crippen molar-refractivity contribution in [3.05, 3.63) is 331 Å². The third-order valence-corrected chi connectivity index (χ3v) is 19.8. The number of rotatable bonds is 21. The predicted octanol–water partition coefficient (Wildman–Crippen LogP) is 25.2. The molecular weight excluding hydrogens is 1140 g/mol. The third-order valence-electron chi connectivity index (χ3n) is 19.8. The van der Waals surface area contributed by atoms with E-state index >= 15 is 0 Å². The molecule has 1 aromatic heterocycles. The summed E-state index contributed by atoms with van der Waals surface area (Å²) in [6.45, 7) is 19.8. The van der Waals surface area contributed by atoms with Gasteiger partial charge in [0.25, 0.3) is 0 Å². The minimum atomic E-state index is -0.338. The van der Waals surface area contributed by atoms with Gasteiger partial charge in [0.15, 0.2) is 0 Å². The molecule has 1 atom stereocenters. The van der Waals surface area contributed by atoms with E-state index in [0.29, 0.717) is 0 Å². The Morgan fingerprint density at radius 2 is 0.883 bits per heavy atom. The maximum atomic E-state index is 6.45. The monoisotopic (exact) mass is 1220 g/mol. The summed E-state index contributed by atoms with van der Waals surface area (Å²) in [5.41, 5.74) is 28.9. The number of hydrogen-bond donors (Lipinski definition) is 0. The second-order valence-corrected chi connectivity index (χ2v) is 26.7. The molecule has 0 fully saturated rings. The molecule has 3 heteroatoms. The molecule has 0 aliphatic heterocycles. The lowest BCUT2D eigenvalue weighted by molar-refractivity contribution is 0.302. The fourth-order valence-electron chi connectivity index (χ4n) is 14.6. The molecule has 1 unspecified atom stereocenters. The molecule has 12 aromatic carbocycles. The van der Waals surface area contributed by atoms with Crippen LogP contribution in [-0.2, 0) is 10.8 Å². The first-order valence-corrected chi connectivity index (χ1v) is 33.7. The van der Waals surface area contributed by atoms with Crippen LogP contribution >= 0.6 is 0 Å². The molecule has 1 aliphatic rings. The molecule has 0 bridgehead atoms. The van der Waals surface area contributed by atoms with Crippen molar-refractivity contribution in [1.29, 1.82) is 0 Å². The first-order chi connectivity index (χ1) is 45.9. The number of anilines is 3. The van der Waals surface area contributed by atoms with Gasteiger partial charge in [-0.2, -0.15) is 0 Å². The minimum absolute atomic E-state index is 0.0815. The van der Waals surface area contributed by atoms with Crippen LogP contribution in [0.2, 0.25) is 0 Å². The second-order valence-electron chi connectivity index (χ2n) is 26.7. The van der Waals surface area contributed by atoms with Crippen molar-refractivity contribution >= 4 is 51.0 Å². The van der Waals surface area contributed by atoms with Gasteiger partial charge in [-0.25, -0.2) is 0 Å². The van der Waals surface area contributed by atoms with Crippen molar-refractivity contribution in [2.24, 2.45) is 0 Å². The maximum Gasteiger partial charge on any atom is 0.122 e. The van der Waals surface area contributed by atoms with Gasteiger partial charge in [-0.3, -0.25) is 0 Å². The third kappa shape index (κ3) is 11.9. The Labute approximate surface area is 556 Å². The molecule has 0 radical (unpaired) electrons. The molecule has 462 valence electrons. The lowest BCUT2D eigenvalue weighted by atomic mass is 9.69. The van der Waals surface area contributed by atoms with Crippen molar-refractivity contribution in [1.82, 2.24) is 4.57 Å². The van der Waals surface area contributed by atoms with Crippen LogP contribution in [0, 0.1) is 13.8 Å². The van der Waals surface area contributed by atoms with Gasteiger partial charge in [-0.15, -0.1) is 0 Å². The predicted molar refractivity (Wildman–Crippen MR) is 402 cm³/mol. The molecule has 0 saturated carbocycles. The van der Waals surface area contributed by atoms with Gasteiger partial charge in [0.2, 0.25) is 0 Å². The zero-order valence-electron chi connectivity index (χ0n) is 55.0. The van der Waals surface area contributed by atoms with Crippen LogP contribution in [0.5, 0.6) is 5.75 Å². The number of nitrogens with zero attached hydrogens (tertiary/aromatic N) is 2. The lowest BCUT2D eigenvalue weighted by Gasteiger charge is -2.34. The van der Waals surface area contributed by atoms with Crippen molar-refractivity contribution in [3.63, 3.8) is 0 Å². The van der Waals surface area contributed by atoms with Gasteiger partial charge in [0.1, 0.15) is 5.75 Å². The molecule has 1 aliphatic carbocycles. The van der Waals surface area contributed by atoms with Crippen LogP contribution in [0.25, 0.3) is 95.3 Å². The summed E-state index contributed by atoms with van der Waals surface area (Å²) in [6.07, 6.45) is 11.6. The van der Waals surface area contributed by atoms with Crippen molar-refractivity contribution in [3.8, 4) is 67.1 Å². The zero-order valence-corrected chi connectivity index (χ0v) is 55.0. The van der Waals surface area contributed by atoms with Gasteiger partial charge in [-0.1, -0.05) is 266 Å². The number of unbranched alkanes of at least 4 members (excludes halogenated alkanes) is 5. The first-order valence-electron chi connectivity index (χ1n) is 33.7. The number of para-hydroxylation sites is 1. The van der Waals surface area contributed by atoms with Crippen LogP contribution in [0.1, 0.15) is 110 Å². The number of aryl methyl sites for hydroxylation is 2. The van der Waals surface area contributed by atoms with Crippen molar-refractivity contribution < 1.29 is 4.74 Å². The summed E-state index contributed by atoms with van der Waals surface area (Å²) in [6, 6.07) is 102. The Kier molecular flexibility index (Phi) is 17.1. The Bertz CT molecular complexity index is 4860. The quantitative estimate of drug-likeness (QED) is 0.0667. The van der Waals surface area contributed by atoms with E-state index in [1.54, 1.807) is 0 Å². The normalized spacial score (nSPS) is 13.4. The number of fused-ring (bicyclic) bond motifs is 6. The summed E-state index contributed by atoms with van der Waals surface area (Å²) in [5, 5.41) is 2.44. The van der Waals surface area contributed by atoms with E-state index in [9.17, 15) is 0 Å². The van der Waals surface area contributed by atoms with Gasteiger partial charge in [0.05, 0.1) is 17.6 Å². The fourth-order valence-corrected chi connectivity index (χ4v) is 14.6. The van der Waals surface area contributed by atoms with E-state index in [4.69, 9.17) is 4.74 Å². The Balaban J connectivity index is 0.770. The van der Waals surface area contributed by atoms with Gasteiger partial charge < -0.3 is 14.2 Å². The topological polar surface area (TPSA) is 17.4 Å². The highest BCUT2D eigenvalue weighted by molar-refractivity contribution is 6.11. The van der Waals surface area contributed by atoms with Crippen molar-refractivity contribution in [2.45, 2.75) is 90.4 Å². The van der Waals surface area contributed by atoms with E-state index in [1.807, 2.05) is 12.2 Å². The molecule has 0 N–H and O–H groups in total. The van der Waals surface area contributed by atoms with E-state index < -0.39 is 0 Å². The molecule has 94 heavy (non-hydrogen) atoms. The van der Waals surface area contributed by atoms with E-state index in [2.05, 4.69) is 330 Å². The maximum absolute atomic E-state index is 6.45. The van der Waals surface area contributed by atoms with Crippen LogP contribution < -0.4 is 9.64 Å². The summed E-state index contributed by atoms with van der Waals surface area (Å²) in [7, 11) is 0. The van der Waals surface area contributed by atoms with Gasteiger partial charge in [0, 0.05) is 38.9 Å². The molecule has 3 nitrogen and oxygen atoms in total. The smallest absolute Gasteiger partial charge is 0.122 e. The highest BCUT2D eigenvalue weighted by atomic mass is 16.5. The molecule has 0 amide bonds. The van der Waals surface area contributed by atoms with Gasteiger partial charge >= 0.3 is 0 Å². The van der Waals surface area contributed by atoms with Crippen LogP contribution in [0.3, 0.4) is 0 Å². The molecule has 0 spiro atoms. The Morgan fingerprint density at radius 3 is 1.47 bits per heavy atom. The molecule has 0 saturated heterocycles. The summed E-state index contributed by atoms with van der Waals surface area (Å²) < 4.78 is 8.85. The summed E-state index contributed by atoms with van der Waals surface area (Å²) in [5.74, 6) is 0.989. The van der Waals surface area contributed by atoms with Crippen LogP contribution in [-0.4, -0.2) is 11.2 Å². The van der Waals surface area contributed by atoms with Crippen LogP contribution in [0.4, 0.5) is 17.1 Å². The molecule has 1 heterocycles. The number of hydrogen-bond acceptors (Lipinski definition) is 2. The van der Waals surface area contributed by atoms with Crippen LogP contribution in [0.15, 0.2) is 286 Å². The average Bonchev–Trinajstić information content (AvgIpc) is 1.55. The first kappa shape index (κ1) is 61.0. The summed E-state index contributed by atoms with van der Waals surface area (Å²) >= 11 is 0. The Morgan fingerprint density at radius 1 is 0.404 bits per heavy atom. The zero-order chi connectivity index (χ0) is 64.3. The van der Waals surface area contributed by atoms with Gasteiger partial charge in [-0.05, 0) is 217 Å². The van der Waals surface area contributed by atoms with E-state index in [1.165, 1.54) is 118 Å². The number of aromatic nitrogens is 1. The second kappa shape index (κ2) is 26.3. The molecular formula is C91H82N2O. The SMILES string of the molecule is C=Cc1ccc(-c2ccc3c(c2)c2cc(-c4ccc(N(c5ccc(-c6ccc(C(C)(C)C)cc6)cc5)c5ccc6c(c5)C(CCCCCCCCOc5cc(C)c(-c7ccc(C=C)cc7)cc5C)(c5ccccc5)c5ccccc5-6)cc4)ccc2n3-c2ccccc2)cc1. The molecule has 13 aromatic rings. The largest absolute Gasteiger partial charge is 0.493 e. The standard InChI is InChI=1S/C91H82N2O/c1-8-65-30-34-69(35-31-65)72-44-54-87-83(60-72)84-61-73(45-55-88(84)93(87)76-26-18-15-19-27-76)70-42-50-78(51-43-70)92(77-48-40-68(41-49-77)67-38-46-74(47-39-67)90(5,6)7)79-52-53-81-80-28-20-21-29-85(80)91(86(81)62-79,75-24-16-14-17-25-75)56-22-12-10-11-13-23-57-94-89-59-63(3)82(58-64(89)4)71-36-32-66(9-2)33-37-71/h8-9,14-21,24-55,58-62H,1-2,10-13,22-23,56-57H2,3-7H3. The van der Waals surface area contributed by atoms with E-state index in [-0.39, 0.29) is 10.8 Å². The highest BCUT2D eigenvalue weighted by Gasteiger charge is 2.44. The highest BCUT2D eigenvalue weighted by Crippen LogP contribution is 2.57. The van der Waals surface area contributed by atoms with E-state index in [0.717, 1.165) is 83.9 Å².